The Bertz CT molecular complexity index is 1500. The summed E-state index contributed by atoms with van der Waals surface area (Å²) in [5.41, 5.74) is 7.11. The van der Waals surface area contributed by atoms with Gasteiger partial charge in [0.2, 0.25) is 0 Å². The Hall–Kier alpha value is -4.33. The first-order valence-corrected chi connectivity index (χ1v) is 10.7. The Labute approximate surface area is 190 Å². The summed E-state index contributed by atoms with van der Waals surface area (Å²) in [6.07, 6.45) is 7.10. The monoisotopic (exact) mass is 437 g/mol. The quantitative estimate of drug-likeness (QED) is 0.440. The molecule has 8 nitrogen and oxygen atoms in total. The molecular formula is C25H23N7O. The molecule has 164 valence electrons. The van der Waals surface area contributed by atoms with Gasteiger partial charge in [0.25, 0.3) is 0 Å². The molecule has 0 aromatic carbocycles. The highest BCUT2D eigenvalue weighted by atomic mass is 16.1. The van der Waals surface area contributed by atoms with Crippen molar-refractivity contribution in [3.63, 3.8) is 0 Å². The highest BCUT2D eigenvalue weighted by Crippen LogP contribution is 2.36. The van der Waals surface area contributed by atoms with Crippen LogP contribution >= 0.6 is 0 Å². The Morgan fingerprint density at radius 1 is 1.03 bits per heavy atom. The Kier molecular flexibility index (Phi) is 5.18. The number of aromatic amines is 1. The van der Waals surface area contributed by atoms with Crippen LogP contribution in [0.1, 0.15) is 18.2 Å². The zero-order valence-electron chi connectivity index (χ0n) is 18.6. The summed E-state index contributed by atoms with van der Waals surface area (Å²) in [5.74, 6) is 0. The van der Waals surface area contributed by atoms with Crippen LogP contribution in [0.4, 0.5) is 11.4 Å². The molecule has 1 N–H and O–H groups in total. The van der Waals surface area contributed by atoms with E-state index < -0.39 is 5.69 Å². The number of rotatable bonds is 5. The summed E-state index contributed by atoms with van der Waals surface area (Å²) in [5, 5.41) is 0. The van der Waals surface area contributed by atoms with Gasteiger partial charge >= 0.3 is 5.69 Å². The minimum atomic E-state index is -0.412. The van der Waals surface area contributed by atoms with E-state index in [4.69, 9.17) is 9.97 Å². The summed E-state index contributed by atoms with van der Waals surface area (Å²) in [4.78, 5) is 34.9. The number of aromatic nitrogens is 6. The molecule has 5 rings (SSSR count). The lowest BCUT2D eigenvalue weighted by atomic mass is 10.1. The van der Waals surface area contributed by atoms with Gasteiger partial charge in [-0.1, -0.05) is 6.07 Å². The van der Waals surface area contributed by atoms with Crippen LogP contribution in [0, 0.1) is 13.8 Å². The minimum absolute atomic E-state index is 0.412. The van der Waals surface area contributed by atoms with Gasteiger partial charge in [0.1, 0.15) is 5.69 Å². The van der Waals surface area contributed by atoms with Crippen LogP contribution in [0.15, 0.2) is 72.0 Å². The molecule has 0 saturated carbocycles. The van der Waals surface area contributed by atoms with Gasteiger partial charge in [0.15, 0.2) is 5.65 Å². The van der Waals surface area contributed by atoms with Gasteiger partial charge in [-0.25, -0.2) is 14.8 Å². The third kappa shape index (κ3) is 3.76. The molecule has 8 heteroatoms. The van der Waals surface area contributed by atoms with E-state index in [2.05, 4.69) is 32.8 Å². The first-order valence-electron chi connectivity index (χ1n) is 10.7. The Morgan fingerprint density at radius 2 is 1.85 bits per heavy atom. The van der Waals surface area contributed by atoms with Crippen molar-refractivity contribution in [2.75, 3.05) is 11.4 Å². The summed E-state index contributed by atoms with van der Waals surface area (Å²) in [7, 11) is 0. The number of H-pyrrole nitrogens is 1. The SMILES string of the molecule is CCN(c1ccncc1)c1cc(C)cn2c(-c3ccnc(=O)[nH]3)c(-c3cccc(C)n3)nc12. The summed E-state index contributed by atoms with van der Waals surface area (Å²) < 4.78 is 2.03. The molecule has 5 aromatic heterocycles. The van der Waals surface area contributed by atoms with Crippen LogP contribution in [0.3, 0.4) is 0 Å². The predicted octanol–water partition coefficient (Wildman–Crippen LogP) is 4.32. The lowest BCUT2D eigenvalue weighted by molar-refractivity contribution is 1.00. The van der Waals surface area contributed by atoms with Crippen molar-refractivity contribution in [2.45, 2.75) is 20.8 Å². The predicted molar refractivity (Wildman–Crippen MR) is 129 cm³/mol. The van der Waals surface area contributed by atoms with Crippen molar-refractivity contribution in [3.05, 3.63) is 89.0 Å². The lowest BCUT2D eigenvalue weighted by Crippen LogP contribution is -2.17. The van der Waals surface area contributed by atoms with Gasteiger partial charge in [-0.15, -0.1) is 0 Å². The number of hydrogen-bond donors (Lipinski definition) is 1. The maximum Gasteiger partial charge on any atom is 0.345 e. The molecule has 0 atom stereocenters. The minimum Gasteiger partial charge on any atom is -0.339 e. The molecule has 0 aliphatic heterocycles. The number of fused-ring (bicyclic) bond motifs is 1. The van der Waals surface area contributed by atoms with E-state index in [1.807, 2.05) is 54.8 Å². The van der Waals surface area contributed by atoms with Crippen LogP contribution in [-0.2, 0) is 0 Å². The maximum atomic E-state index is 12.1. The number of imidazole rings is 1. The van der Waals surface area contributed by atoms with Crippen molar-refractivity contribution >= 4 is 17.0 Å². The van der Waals surface area contributed by atoms with Crippen LogP contribution in [0.25, 0.3) is 28.4 Å². The number of anilines is 2. The standard InChI is InChI=1S/C25H23N7O/c1-4-31(18-8-11-26-12-9-18)21-14-16(2)15-32-23(20-10-13-27-25(33)29-20)22(30-24(21)32)19-7-5-6-17(3)28-19/h5-15H,4H2,1-3H3,(H,27,29,33). The van der Waals surface area contributed by atoms with Crippen molar-refractivity contribution in [3.8, 4) is 22.8 Å². The van der Waals surface area contributed by atoms with E-state index in [0.717, 1.165) is 46.2 Å². The van der Waals surface area contributed by atoms with Gasteiger partial charge in [-0.05, 0) is 62.7 Å². The molecule has 0 bridgehead atoms. The molecule has 33 heavy (non-hydrogen) atoms. The van der Waals surface area contributed by atoms with Gasteiger partial charge in [-0.3, -0.25) is 14.4 Å². The number of pyridine rings is 3. The Balaban J connectivity index is 1.86. The first-order chi connectivity index (χ1) is 16.0. The molecule has 0 radical (unpaired) electrons. The normalized spacial score (nSPS) is 11.1. The highest BCUT2D eigenvalue weighted by molar-refractivity contribution is 5.85. The second kappa shape index (κ2) is 8.31. The molecule has 5 heterocycles. The Morgan fingerprint density at radius 3 is 2.58 bits per heavy atom. The summed E-state index contributed by atoms with van der Waals surface area (Å²) >= 11 is 0. The average Bonchev–Trinajstić information content (AvgIpc) is 3.20. The number of nitrogens with zero attached hydrogens (tertiary/aromatic N) is 6. The molecule has 5 aromatic rings. The maximum absolute atomic E-state index is 12.1. The molecule has 0 fully saturated rings. The topological polar surface area (TPSA) is 92.1 Å². The van der Waals surface area contributed by atoms with Crippen LogP contribution in [-0.4, -0.2) is 35.9 Å². The third-order valence-electron chi connectivity index (χ3n) is 5.48. The van der Waals surface area contributed by atoms with Crippen molar-refractivity contribution in [2.24, 2.45) is 0 Å². The summed E-state index contributed by atoms with van der Waals surface area (Å²) in [6, 6.07) is 13.7. The van der Waals surface area contributed by atoms with E-state index in [9.17, 15) is 4.79 Å². The fourth-order valence-corrected chi connectivity index (χ4v) is 4.09. The molecular weight excluding hydrogens is 414 g/mol. The fourth-order valence-electron chi connectivity index (χ4n) is 4.09. The van der Waals surface area contributed by atoms with E-state index in [1.54, 1.807) is 18.5 Å². The smallest absolute Gasteiger partial charge is 0.339 e. The van der Waals surface area contributed by atoms with Crippen LogP contribution in [0.2, 0.25) is 0 Å². The fraction of sp³-hybridized carbons (Fsp3) is 0.160. The van der Waals surface area contributed by atoms with Gasteiger partial charge in [0, 0.05) is 42.7 Å². The van der Waals surface area contributed by atoms with E-state index in [1.165, 1.54) is 6.20 Å². The zero-order valence-corrected chi connectivity index (χ0v) is 18.6. The summed E-state index contributed by atoms with van der Waals surface area (Å²) in [6.45, 7) is 6.85. The second-order valence-corrected chi connectivity index (χ2v) is 7.81. The van der Waals surface area contributed by atoms with E-state index in [-0.39, 0.29) is 0 Å². The molecule has 0 saturated heterocycles. The lowest BCUT2D eigenvalue weighted by Gasteiger charge is -2.24. The number of nitrogens with one attached hydrogen (secondary N) is 1. The molecule has 0 aliphatic rings. The van der Waals surface area contributed by atoms with Crippen molar-refractivity contribution in [1.29, 1.82) is 0 Å². The van der Waals surface area contributed by atoms with Gasteiger partial charge in [0.05, 0.1) is 22.8 Å². The molecule has 0 spiro atoms. The zero-order chi connectivity index (χ0) is 22.9. The number of hydrogen-bond acceptors (Lipinski definition) is 6. The highest BCUT2D eigenvalue weighted by Gasteiger charge is 2.22. The van der Waals surface area contributed by atoms with Crippen molar-refractivity contribution < 1.29 is 0 Å². The van der Waals surface area contributed by atoms with Crippen LogP contribution < -0.4 is 10.6 Å². The van der Waals surface area contributed by atoms with Crippen LogP contribution in [0.5, 0.6) is 0 Å². The van der Waals surface area contributed by atoms with Gasteiger partial charge in [-0.2, -0.15) is 0 Å². The first kappa shape index (κ1) is 20.6. The van der Waals surface area contributed by atoms with E-state index in [0.29, 0.717) is 11.4 Å². The van der Waals surface area contributed by atoms with Gasteiger partial charge < -0.3 is 9.88 Å². The number of aryl methyl sites for hydroxylation is 2. The molecule has 0 aliphatic carbocycles. The molecule has 0 amide bonds. The third-order valence-corrected chi connectivity index (χ3v) is 5.48. The second-order valence-electron chi connectivity index (χ2n) is 7.81. The van der Waals surface area contributed by atoms with Crippen molar-refractivity contribution in [1.82, 2.24) is 29.3 Å². The average molecular weight is 438 g/mol. The van der Waals surface area contributed by atoms with E-state index >= 15 is 0 Å². The largest absolute Gasteiger partial charge is 0.345 e. The molecule has 0 unspecified atom stereocenters.